The highest BCUT2D eigenvalue weighted by Gasteiger charge is 2.28. The molecule has 0 aliphatic carbocycles. The van der Waals surface area contributed by atoms with Crippen molar-refractivity contribution in [1.82, 2.24) is 0 Å². The molecule has 0 atom stereocenters. The molecule has 2 rings (SSSR count). The first-order chi connectivity index (χ1) is 14.1. The molecular formula is C21H23ClN2O6. The zero-order valence-electron chi connectivity index (χ0n) is 17.3. The third-order valence-corrected chi connectivity index (χ3v) is 4.06. The number of amides is 1. The number of ether oxygens (including phenoxy) is 3. The first kappa shape index (κ1) is 23.0. The molecule has 1 aliphatic heterocycles. The first-order valence-corrected chi connectivity index (χ1v) is 9.29. The maximum Gasteiger partial charge on any atom is 0.412 e. The summed E-state index contributed by atoms with van der Waals surface area (Å²) in [7, 11) is 2.40. The van der Waals surface area contributed by atoms with Crippen molar-refractivity contribution in [3.8, 4) is 0 Å². The van der Waals surface area contributed by atoms with Crippen molar-refractivity contribution in [3.05, 3.63) is 58.9 Å². The summed E-state index contributed by atoms with van der Waals surface area (Å²) >= 11 is 6.37. The molecule has 0 saturated heterocycles. The summed E-state index contributed by atoms with van der Waals surface area (Å²) in [5.41, 5.74) is -0.0824. The van der Waals surface area contributed by atoms with Crippen molar-refractivity contribution in [2.24, 2.45) is 0 Å². The molecule has 0 unspecified atom stereocenters. The number of allylic oxidation sites excluding steroid dienone is 2. The van der Waals surface area contributed by atoms with E-state index in [0.717, 1.165) is 0 Å². The van der Waals surface area contributed by atoms with Crippen LogP contribution in [0.1, 0.15) is 20.8 Å². The van der Waals surface area contributed by atoms with Crippen LogP contribution >= 0.6 is 11.6 Å². The van der Waals surface area contributed by atoms with E-state index in [0.29, 0.717) is 11.4 Å². The first-order valence-electron chi connectivity index (χ1n) is 8.92. The van der Waals surface area contributed by atoms with E-state index in [9.17, 15) is 14.4 Å². The van der Waals surface area contributed by atoms with Crippen molar-refractivity contribution < 1.29 is 28.6 Å². The number of rotatable bonds is 4. The van der Waals surface area contributed by atoms with Gasteiger partial charge in [0.05, 0.1) is 30.5 Å². The second kappa shape index (κ2) is 9.49. The molecule has 30 heavy (non-hydrogen) atoms. The van der Waals surface area contributed by atoms with Crippen LogP contribution in [0.25, 0.3) is 0 Å². The highest BCUT2D eigenvalue weighted by atomic mass is 35.5. The number of benzene rings is 1. The van der Waals surface area contributed by atoms with E-state index in [4.69, 9.17) is 25.8 Å². The van der Waals surface area contributed by atoms with Crippen LogP contribution in [-0.4, -0.2) is 37.9 Å². The second-order valence-corrected chi connectivity index (χ2v) is 7.52. The van der Waals surface area contributed by atoms with Gasteiger partial charge in [0, 0.05) is 11.9 Å². The summed E-state index contributed by atoms with van der Waals surface area (Å²) in [6, 6.07) is 4.67. The molecule has 0 fully saturated rings. The van der Waals surface area contributed by atoms with Gasteiger partial charge in [-0.2, -0.15) is 0 Å². The number of carbonyl (C=O) groups is 3. The molecule has 160 valence electrons. The van der Waals surface area contributed by atoms with Gasteiger partial charge >= 0.3 is 18.0 Å². The van der Waals surface area contributed by atoms with Crippen LogP contribution in [0.5, 0.6) is 0 Å². The average Bonchev–Trinajstić information content (AvgIpc) is 2.89. The van der Waals surface area contributed by atoms with Crippen molar-refractivity contribution in [3.63, 3.8) is 0 Å². The molecule has 1 aromatic rings. The number of esters is 2. The van der Waals surface area contributed by atoms with Gasteiger partial charge in [-0.05, 0) is 51.1 Å². The van der Waals surface area contributed by atoms with Crippen molar-refractivity contribution in [1.29, 1.82) is 0 Å². The molecule has 0 aromatic heterocycles. The third-order valence-electron chi connectivity index (χ3n) is 3.74. The standard InChI is InChI=1S/C21H23ClN2O6/c1-21(2,3)30-20(27)23-13-9-10-15(22)16(12-13)24-11-7-6-8-14(18(25)28-4)17(24)19(26)29-5/h6-12H,1-5H3,(H,23,27). The van der Waals surface area contributed by atoms with Gasteiger partial charge in [0.2, 0.25) is 0 Å². The zero-order chi connectivity index (χ0) is 22.5. The van der Waals surface area contributed by atoms with Crippen LogP contribution in [0, 0.1) is 0 Å². The molecule has 1 aromatic carbocycles. The molecule has 0 spiro atoms. The maximum absolute atomic E-state index is 12.5. The largest absolute Gasteiger partial charge is 0.465 e. The molecule has 0 radical (unpaired) electrons. The third kappa shape index (κ3) is 5.64. The smallest absolute Gasteiger partial charge is 0.412 e. The predicted octanol–water partition coefficient (Wildman–Crippen LogP) is 4.18. The van der Waals surface area contributed by atoms with Gasteiger partial charge in [0.15, 0.2) is 0 Å². The molecular weight excluding hydrogens is 412 g/mol. The van der Waals surface area contributed by atoms with Gasteiger partial charge in [-0.15, -0.1) is 0 Å². The fraction of sp³-hybridized carbons (Fsp3) is 0.286. The van der Waals surface area contributed by atoms with Crippen LogP contribution in [0.4, 0.5) is 16.2 Å². The number of nitrogens with zero attached hydrogens (tertiary/aromatic N) is 1. The Morgan fingerprint density at radius 3 is 2.30 bits per heavy atom. The Bertz CT molecular complexity index is 943. The minimum absolute atomic E-state index is 0.0177. The summed E-state index contributed by atoms with van der Waals surface area (Å²) in [5, 5.41) is 2.88. The number of hydrogen-bond acceptors (Lipinski definition) is 7. The number of nitrogens with one attached hydrogen (secondary N) is 1. The summed E-state index contributed by atoms with van der Waals surface area (Å²) in [4.78, 5) is 38.3. The SMILES string of the molecule is COC(=O)C1=C(C(=O)OC)N(c2cc(NC(=O)OC(C)(C)C)ccc2Cl)C=CC=C1. The molecule has 0 saturated carbocycles. The highest BCUT2D eigenvalue weighted by Crippen LogP contribution is 2.34. The Kier molecular flexibility index (Phi) is 7.28. The van der Waals surface area contributed by atoms with Crippen LogP contribution in [-0.2, 0) is 23.8 Å². The van der Waals surface area contributed by atoms with E-state index in [2.05, 4.69) is 5.32 Å². The van der Waals surface area contributed by atoms with E-state index in [-0.39, 0.29) is 16.3 Å². The highest BCUT2D eigenvalue weighted by molar-refractivity contribution is 6.33. The van der Waals surface area contributed by atoms with Crippen molar-refractivity contribution in [2.45, 2.75) is 26.4 Å². The zero-order valence-corrected chi connectivity index (χ0v) is 18.1. The molecule has 1 N–H and O–H groups in total. The topological polar surface area (TPSA) is 94.2 Å². The Morgan fingerprint density at radius 1 is 1.03 bits per heavy atom. The average molecular weight is 435 g/mol. The normalized spacial score (nSPS) is 13.6. The predicted molar refractivity (Wildman–Crippen MR) is 113 cm³/mol. The van der Waals surface area contributed by atoms with Gasteiger partial charge in [-0.3, -0.25) is 5.32 Å². The molecule has 1 aliphatic rings. The summed E-state index contributed by atoms with van der Waals surface area (Å²) in [5.74, 6) is -1.49. The summed E-state index contributed by atoms with van der Waals surface area (Å²) in [6.07, 6.45) is 5.51. The fourth-order valence-corrected chi connectivity index (χ4v) is 2.76. The molecule has 1 amide bonds. The lowest BCUT2D eigenvalue weighted by Crippen LogP contribution is -2.28. The van der Waals surface area contributed by atoms with Gasteiger partial charge in [0.25, 0.3) is 0 Å². The van der Waals surface area contributed by atoms with E-state index in [1.807, 2.05) is 0 Å². The van der Waals surface area contributed by atoms with E-state index >= 15 is 0 Å². The summed E-state index contributed by atoms with van der Waals surface area (Å²) in [6.45, 7) is 5.24. The minimum Gasteiger partial charge on any atom is -0.465 e. The number of halogens is 1. The number of anilines is 2. The molecule has 8 nitrogen and oxygen atoms in total. The Hall–Kier alpha value is -3.26. The van der Waals surface area contributed by atoms with Crippen molar-refractivity contribution in [2.75, 3.05) is 24.4 Å². The Labute approximate surface area is 179 Å². The van der Waals surface area contributed by atoms with Crippen LogP contribution < -0.4 is 10.2 Å². The number of hydrogen-bond donors (Lipinski definition) is 1. The molecule has 0 bridgehead atoms. The molecule has 9 heteroatoms. The Balaban J connectivity index is 2.53. The van der Waals surface area contributed by atoms with Crippen LogP contribution in [0.2, 0.25) is 5.02 Å². The summed E-state index contributed by atoms with van der Waals surface area (Å²) < 4.78 is 14.9. The monoisotopic (exact) mass is 434 g/mol. The lowest BCUT2D eigenvalue weighted by molar-refractivity contribution is -0.139. The van der Waals surface area contributed by atoms with E-state index in [1.54, 1.807) is 51.1 Å². The minimum atomic E-state index is -0.770. The Morgan fingerprint density at radius 2 is 1.70 bits per heavy atom. The fourth-order valence-electron chi connectivity index (χ4n) is 2.55. The van der Waals surface area contributed by atoms with Gasteiger partial charge in [-0.25, -0.2) is 14.4 Å². The number of methoxy groups -OCH3 is 2. The van der Waals surface area contributed by atoms with Crippen LogP contribution in [0.15, 0.2) is 53.9 Å². The van der Waals surface area contributed by atoms with Crippen LogP contribution in [0.3, 0.4) is 0 Å². The number of carbonyl (C=O) groups excluding carboxylic acids is 3. The van der Waals surface area contributed by atoms with E-state index < -0.39 is 23.6 Å². The quantitative estimate of drug-likeness (QED) is 0.561. The van der Waals surface area contributed by atoms with Gasteiger partial charge < -0.3 is 19.1 Å². The van der Waals surface area contributed by atoms with Gasteiger partial charge in [-0.1, -0.05) is 17.7 Å². The molecule has 1 heterocycles. The van der Waals surface area contributed by atoms with Gasteiger partial charge in [0.1, 0.15) is 11.3 Å². The second-order valence-electron chi connectivity index (χ2n) is 7.11. The van der Waals surface area contributed by atoms with E-state index in [1.165, 1.54) is 31.4 Å². The lowest BCUT2D eigenvalue weighted by Gasteiger charge is -2.25. The lowest BCUT2D eigenvalue weighted by atomic mass is 10.1. The van der Waals surface area contributed by atoms with Crippen molar-refractivity contribution >= 4 is 41.0 Å². The maximum atomic E-state index is 12.5.